The van der Waals surface area contributed by atoms with Crippen molar-refractivity contribution in [2.45, 2.75) is 30.7 Å². The van der Waals surface area contributed by atoms with Crippen LogP contribution in [0.15, 0.2) is 71.8 Å². The molecule has 1 atom stereocenters. The highest BCUT2D eigenvalue weighted by atomic mass is 32.2. The van der Waals surface area contributed by atoms with Crippen molar-refractivity contribution in [3.8, 4) is 11.4 Å². The van der Waals surface area contributed by atoms with E-state index in [4.69, 9.17) is 0 Å². The van der Waals surface area contributed by atoms with Crippen LogP contribution in [0.1, 0.15) is 24.6 Å². The van der Waals surface area contributed by atoms with Crippen molar-refractivity contribution < 1.29 is 8.42 Å². The van der Waals surface area contributed by atoms with Gasteiger partial charge in [-0.2, -0.15) is 4.31 Å². The van der Waals surface area contributed by atoms with Gasteiger partial charge in [0, 0.05) is 36.6 Å². The van der Waals surface area contributed by atoms with E-state index >= 15 is 0 Å². The van der Waals surface area contributed by atoms with E-state index in [1.54, 1.807) is 28.6 Å². The number of benzene rings is 2. The van der Waals surface area contributed by atoms with Crippen LogP contribution in [0.5, 0.6) is 0 Å². The van der Waals surface area contributed by atoms with Gasteiger partial charge in [0.2, 0.25) is 10.0 Å². The van der Waals surface area contributed by atoms with Crippen LogP contribution in [0.3, 0.4) is 0 Å². The van der Waals surface area contributed by atoms with Gasteiger partial charge in [-0.3, -0.25) is 0 Å². The molecule has 1 aliphatic heterocycles. The van der Waals surface area contributed by atoms with Gasteiger partial charge in [-0.05, 0) is 31.9 Å². The van der Waals surface area contributed by atoms with Crippen LogP contribution < -0.4 is 0 Å². The summed E-state index contributed by atoms with van der Waals surface area (Å²) in [6, 6.07) is 18.8. The standard InChI is InChI=1S/C21H23N3O2S/c1-17-15-22-21(18-9-4-2-5-10-18)24(17)19-11-8-14-23(16-19)27(25,26)20-12-6-3-7-13-20/h2-7,9-10,12-13,15,19H,8,11,14,16H2,1H3. The third kappa shape index (κ3) is 3.42. The Kier molecular flexibility index (Phi) is 4.85. The first kappa shape index (κ1) is 17.9. The predicted molar refractivity (Wildman–Crippen MR) is 106 cm³/mol. The third-order valence-electron chi connectivity index (χ3n) is 5.12. The summed E-state index contributed by atoms with van der Waals surface area (Å²) in [5.74, 6) is 0.900. The molecule has 4 rings (SSSR count). The molecule has 140 valence electrons. The molecule has 1 saturated heterocycles. The van der Waals surface area contributed by atoms with Crippen molar-refractivity contribution in [2.24, 2.45) is 0 Å². The zero-order valence-corrected chi connectivity index (χ0v) is 16.1. The molecule has 6 heteroatoms. The minimum Gasteiger partial charge on any atom is -0.324 e. The van der Waals surface area contributed by atoms with E-state index in [1.165, 1.54) is 0 Å². The van der Waals surface area contributed by atoms with Crippen LogP contribution in [-0.2, 0) is 10.0 Å². The molecule has 0 spiro atoms. The average molecular weight is 382 g/mol. The highest BCUT2D eigenvalue weighted by molar-refractivity contribution is 7.89. The molecule has 0 saturated carbocycles. The number of hydrogen-bond acceptors (Lipinski definition) is 3. The molecule has 5 nitrogen and oxygen atoms in total. The first-order chi connectivity index (χ1) is 13.1. The summed E-state index contributed by atoms with van der Waals surface area (Å²) in [5.41, 5.74) is 2.10. The van der Waals surface area contributed by atoms with Gasteiger partial charge < -0.3 is 4.57 Å². The zero-order valence-electron chi connectivity index (χ0n) is 15.3. The van der Waals surface area contributed by atoms with E-state index in [2.05, 4.69) is 9.55 Å². The summed E-state index contributed by atoms with van der Waals surface area (Å²) in [5, 5.41) is 0. The number of imidazole rings is 1. The van der Waals surface area contributed by atoms with E-state index in [-0.39, 0.29) is 6.04 Å². The van der Waals surface area contributed by atoms with Crippen LogP contribution in [-0.4, -0.2) is 35.4 Å². The smallest absolute Gasteiger partial charge is 0.243 e. The van der Waals surface area contributed by atoms with Crippen molar-refractivity contribution in [1.29, 1.82) is 0 Å². The van der Waals surface area contributed by atoms with E-state index < -0.39 is 10.0 Å². The van der Waals surface area contributed by atoms with Crippen LogP contribution >= 0.6 is 0 Å². The van der Waals surface area contributed by atoms with Gasteiger partial charge >= 0.3 is 0 Å². The highest BCUT2D eigenvalue weighted by Gasteiger charge is 2.32. The second-order valence-corrected chi connectivity index (χ2v) is 8.87. The van der Waals surface area contributed by atoms with Crippen LogP contribution in [0, 0.1) is 6.92 Å². The van der Waals surface area contributed by atoms with E-state index in [1.807, 2.05) is 49.5 Å². The topological polar surface area (TPSA) is 55.2 Å². The van der Waals surface area contributed by atoms with Crippen molar-refractivity contribution in [3.63, 3.8) is 0 Å². The zero-order chi connectivity index (χ0) is 18.9. The van der Waals surface area contributed by atoms with Gasteiger partial charge in [0.05, 0.1) is 4.90 Å². The van der Waals surface area contributed by atoms with Crippen molar-refractivity contribution in [1.82, 2.24) is 13.9 Å². The van der Waals surface area contributed by atoms with Gasteiger partial charge in [0.1, 0.15) is 5.82 Å². The lowest BCUT2D eigenvalue weighted by Gasteiger charge is -2.34. The van der Waals surface area contributed by atoms with Crippen molar-refractivity contribution in [3.05, 3.63) is 72.6 Å². The number of rotatable bonds is 4. The Morgan fingerprint density at radius 3 is 2.37 bits per heavy atom. The molecule has 1 unspecified atom stereocenters. The van der Waals surface area contributed by atoms with Gasteiger partial charge in [-0.1, -0.05) is 48.5 Å². The van der Waals surface area contributed by atoms with E-state index in [0.717, 1.165) is 29.9 Å². The first-order valence-corrected chi connectivity index (χ1v) is 10.7. The summed E-state index contributed by atoms with van der Waals surface area (Å²) in [6.45, 7) is 3.06. The average Bonchev–Trinajstić information content (AvgIpc) is 3.11. The molecule has 0 aliphatic carbocycles. The summed E-state index contributed by atoms with van der Waals surface area (Å²) >= 11 is 0. The summed E-state index contributed by atoms with van der Waals surface area (Å²) in [6.07, 6.45) is 3.65. The van der Waals surface area contributed by atoms with Gasteiger partial charge in [-0.25, -0.2) is 13.4 Å². The molecule has 0 bridgehead atoms. The Labute approximate surface area is 160 Å². The number of sulfonamides is 1. The Morgan fingerprint density at radius 2 is 1.67 bits per heavy atom. The maximum atomic E-state index is 13.0. The minimum absolute atomic E-state index is 0.0787. The number of aryl methyl sites for hydroxylation is 1. The summed E-state index contributed by atoms with van der Waals surface area (Å²) in [4.78, 5) is 4.96. The normalized spacial score (nSPS) is 18.5. The van der Waals surface area contributed by atoms with Crippen molar-refractivity contribution >= 4 is 10.0 Å². The second kappa shape index (κ2) is 7.29. The predicted octanol–water partition coefficient (Wildman–Crippen LogP) is 3.88. The van der Waals surface area contributed by atoms with Gasteiger partial charge in [0.15, 0.2) is 0 Å². The maximum absolute atomic E-state index is 13.0. The summed E-state index contributed by atoms with van der Waals surface area (Å²) in [7, 11) is -3.48. The van der Waals surface area contributed by atoms with E-state index in [0.29, 0.717) is 18.0 Å². The Hall–Kier alpha value is -2.44. The van der Waals surface area contributed by atoms with Crippen LogP contribution in [0.25, 0.3) is 11.4 Å². The molecule has 1 fully saturated rings. The largest absolute Gasteiger partial charge is 0.324 e. The number of aromatic nitrogens is 2. The van der Waals surface area contributed by atoms with Crippen molar-refractivity contribution in [2.75, 3.05) is 13.1 Å². The Balaban J connectivity index is 1.66. The van der Waals surface area contributed by atoms with Crippen LogP contribution in [0.2, 0.25) is 0 Å². The lowest BCUT2D eigenvalue weighted by molar-refractivity contribution is 0.266. The molecule has 1 aliphatic rings. The highest BCUT2D eigenvalue weighted by Crippen LogP contribution is 2.31. The number of piperidine rings is 1. The molecule has 1 aromatic heterocycles. The second-order valence-electron chi connectivity index (χ2n) is 6.93. The Morgan fingerprint density at radius 1 is 1.00 bits per heavy atom. The molecular weight excluding hydrogens is 358 g/mol. The fourth-order valence-electron chi connectivity index (χ4n) is 3.80. The Bertz CT molecular complexity index is 1010. The minimum atomic E-state index is -3.48. The lowest BCUT2D eigenvalue weighted by atomic mass is 10.1. The fraction of sp³-hybridized carbons (Fsp3) is 0.286. The van der Waals surface area contributed by atoms with Gasteiger partial charge in [0.25, 0.3) is 0 Å². The molecule has 27 heavy (non-hydrogen) atoms. The first-order valence-electron chi connectivity index (χ1n) is 9.22. The van der Waals surface area contributed by atoms with Gasteiger partial charge in [-0.15, -0.1) is 0 Å². The molecule has 2 heterocycles. The van der Waals surface area contributed by atoms with Crippen LogP contribution in [0.4, 0.5) is 0 Å². The molecule has 0 N–H and O–H groups in total. The number of nitrogens with zero attached hydrogens (tertiary/aromatic N) is 3. The maximum Gasteiger partial charge on any atom is 0.243 e. The molecule has 0 amide bonds. The SMILES string of the molecule is Cc1cnc(-c2ccccc2)n1C1CCCN(S(=O)(=O)c2ccccc2)C1. The quantitative estimate of drug-likeness (QED) is 0.689. The lowest BCUT2D eigenvalue weighted by Crippen LogP contribution is -2.41. The fourth-order valence-corrected chi connectivity index (χ4v) is 5.34. The molecule has 0 radical (unpaired) electrons. The number of hydrogen-bond donors (Lipinski definition) is 0. The third-order valence-corrected chi connectivity index (χ3v) is 7.00. The van der Waals surface area contributed by atoms with E-state index in [9.17, 15) is 8.42 Å². The molecular formula is C21H23N3O2S. The monoisotopic (exact) mass is 381 g/mol. The summed E-state index contributed by atoms with van der Waals surface area (Å²) < 4.78 is 29.9. The molecule has 2 aromatic carbocycles. The molecule has 3 aromatic rings.